The summed E-state index contributed by atoms with van der Waals surface area (Å²) in [7, 11) is 0. The molecular formula is C21H17ClFN3. The molecule has 4 rings (SSSR count). The second-order valence-corrected chi connectivity index (χ2v) is 6.93. The number of nitriles is 1. The second-order valence-electron chi connectivity index (χ2n) is 6.49. The Morgan fingerprint density at radius 3 is 2.50 bits per heavy atom. The Bertz CT molecular complexity index is 1010. The van der Waals surface area contributed by atoms with Crippen molar-refractivity contribution >= 4 is 28.3 Å². The summed E-state index contributed by atoms with van der Waals surface area (Å²) in [6.45, 7) is 1.66. The normalized spacial score (nSPS) is 14.4. The van der Waals surface area contributed by atoms with Crippen LogP contribution in [0.2, 0.25) is 5.02 Å². The Morgan fingerprint density at radius 2 is 1.81 bits per heavy atom. The third-order valence-electron chi connectivity index (χ3n) is 4.82. The minimum absolute atomic E-state index is 0.257. The van der Waals surface area contributed by atoms with Crippen LogP contribution >= 0.6 is 11.6 Å². The van der Waals surface area contributed by atoms with E-state index in [1.165, 1.54) is 12.5 Å². The number of hydrogen-bond donors (Lipinski definition) is 0. The highest BCUT2D eigenvalue weighted by molar-refractivity contribution is 6.31. The Morgan fingerprint density at radius 1 is 1.08 bits per heavy atom. The number of aromatic nitrogens is 1. The van der Waals surface area contributed by atoms with Gasteiger partial charge in [-0.05, 0) is 37.0 Å². The molecule has 0 aliphatic carbocycles. The Kier molecular flexibility index (Phi) is 4.48. The van der Waals surface area contributed by atoms with Gasteiger partial charge >= 0.3 is 0 Å². The molecule has 0 N–H and O–H groups in total. The summed E-state index contributed by atoms with van der Waals surface area (Å²) in [5.41, 5.74) is 2.29. The van der Waals surface area contributed by atoms with Crippen molar-refractivity contribution < 1.29 is 4.39 Å². The smallest absolute Gasteiger partial charge is 0.151 e. The molecule has 130 valence electrons. The molecule has 0 radical (unpaired) electrons. The van der Waals surface area contributed by atoms with Gasteiger partial charge in [-0.2, -0.15) is 5.26 Å². The molecule has 0 atom stereocenters. The topological polar surface area (TPSA) is 39.9 Å². The van der Waals surface area contributed by atoms with E-state index < -0.39 is 5.82 Å². The predicted octanol–water partition coefficient (Wildman–Crippen LogP) is 5.56. The van der Waals surface area contributed by atoms with Crippen molar-refractivity contribution in [3.05, 3.63) is 58.9 Å². The fourth-order valence-electron chi connectivity index (χ4n) is 3.62. The average molecular weight is 366 g/mol. The number of piperidine rings is 1. The highest BCUT2D eigenvalue weighted by Gasteiger charge is 2.23. The number of halogens is 2. The summed E-state index contributed by atoms with van der Waals surface area (Å²) < 4.78 is 14.7. The molecule has 2 heterocycles. The van der Waals surface area contributed by atoms with Gasteiger partial charge in [-0.25, -0.2) is 9.37 Å². The van der Waals surface area contributed by atoms with Crippen molar-refractivity contribution in [2.24, 2.45) is 0 Å². The molecule has 0 saturated carbocycles. The van der Waals surface area contributed by atoms with Crippen LogP contribution in [0.15, 0.2) is 42.5 Å². The molecule has 1 aliphatic heterocycles. The van der Waals surface area contributed by atoms with E-state index in [-0.39, 0.29) is 5.52 Å². The lowest BCUT2D eigenvalue weighted by atomic mass is 9.95. The van der Waals surface area contributed by atoms with E-state index in [2.05, 4.69) is 16.0 Å². The molecule has 1 saturated heterocycles. The van der Waals surface area contributed by atoms with Crippen molar-refractivity contribution in [1.82, 2.24) is 4.98 Å². The van der Waals surface area contributed by atoms with Gasteiger partial charge in [-0.3, -0.25) is 0 Å². The average Bonchev–Trinajstić information content (AvgIpc) is 2.68. The zero-order valence-corrected chi connectivity index (χ0v) is 14.9. The van der Waals surface area contributed by atoms with E-state index in [0.29, 0.717) is 27.4 Å². The number of fused-ring (bicyclic) bond motifs is 1. The molecule has 3 nitrogen and oxygen atoms in total. The van der Waals surface area contributed by atoms with E-state index in [9.17, 15) is 9.65 Å². The summed E-state index contributed by atoms with van der Waals surface area (Å²) in [6.07, 6.45) is 3.27. The minimum Gasteiger partial charge on any atom is -0.355 e. The van der Waals surface area contributed by atoms with E-state index in [0.717, 1.165) is 31.5 Å². The Balaban J connectivity index is 2.09. The Hall–Kier alpha value is -2.64. The first-order valence-corrected chi connectivity index (χ1v) is 9.10. The fourth-order valence-corrected chi connectivity index (χ4v) is 3.83. The maximum absolute atomic E-state index is 14.7. The lowest BCUT2D eigenvalue weighted by Gasteiger charge is -2.29. The van der Waals surface area contributed by atoms with E-state index in [1.54, 1.807) is 6.07 Å². The van der Waals surface area contributed by atoms with Crippen LogP contribution in [-0.4, -0.2) is 18.1 Å². The SMILES string of the molecule is N#Cc1c(N2CCCCC2)nc2c(F)cc(Cl)cc2c1-c1ccccc1. The van der Waals surface area contributed by atoms with Gasteiger partial charge in [0.2, 0.25) is 0 Å². The van der Waals surface area contributed by atoms with Gasteiger partial charge in [-0.1, -0.05) is 41.9 Å². The van der Waals surface area contributed by atoms with Crippen LogP contribution in [0, 0.1) is 17.1 Å². The fraction of sp³-hybridized carbons (Fsp3) is 0.238. The van der Waals surface area contributed by atoms with Crippen LogP contribution in [0.5, 0.6) is 0 Å². The van der Waals surface area contributed by atoms with Crippen LogP contribution in [0.3, 0.4) is 0 Å². The summed E-state index contributed by atoms with van der Waals surface area (Å²) in [5.74, 6) is 0.104. The zero-order chi connectivity index (χ0) is 18.1. The van der Waals surface area contributed by atoms with Crippen molar-refractivity contribution in [3.8, 4) is 17.2 Å². The zero-order valence-electron chi connectivity index (χ0n) is 14.2. The van der Waals surface area contributed by atoms with Crippen molar-refractivity contribution in [3.63, 3.8) is 0 Å². The minimum atomic E-state index is -0.465. The second kappa shape index (κ2) is 6.93. The lowest BCUT2D eigenvalue weighted by Crippen LogP contribution is -2.31. The maximum atomic E-state index is 14.7. The van der Waals surface area contributed by atoms with Crippen LogP contribution in [-0.2, 0) is 0 Å². The van der Waals surface area contributed by atoms with Gasteiger partial charge in [-0.15, -0.1) is 0 Å². The van der Waals surface area contributed by atoms with Crippen molar-refractivity contribution in [1.29, 1.82) is 5.26 Å². The van der Waals surface area contributed by atoms with Gasteiger partial charge < -0.3 is 4.90 Å². The highest BCUT2D eigenvalue weighted by atomic mass is 35.5. The summed E-state index contributed by atoms with van der Waals surface area (Å²) in [5, 5.41) is 10.8. The number of benzene rings is 2. The Labute approximate surface area is 156 Å². The monoisotopic (exact) mass is 365 g/mol. The molecule has 0 unspecified atom stereocenters. The van der Waals surface area contributed by atoms with Crippen LogP contribution in [0.25, 0.3) is 22.0 Å². The molecule has 5 heteroatoms. The van der Waals surface area contributed by atoms with E-state index in [1.807, 2.05) is 30.3 Å². The van der Waals surface area contributed by atoms with Gasteiger partial charge in [0.05, 0.1) is 0 Å². The number of anilines is 1. The van der Waals surface area contributed by atoms with Gasteiger partial charge in [0.1, 0.15) is 23.0 Å². The van der Waals surface area contributed by atoms with E-state index in [4.69, 9.17) is 11.6 Å². The molecule has 26 heavy (non-hydrogen) atoms. The van der Waals surface area contributed by atoms with Gasteiger partial charge in [0.25, 0.3) is 0 Å². The third-order valence-corrected chi connectivity index (χ3v) is 5.04. The molecule has 0 spiro atoms. The number of hydrogen-bond acceptors (Lipinski definition) is 3. The van der Waals surface area contributed by atoms with E-state index >= 15 is 0 Å². The molecule has 3 aromatic rings. The van der Waals surface area contributed by atoms with Gasteiger partial charge in [0, 0.05) is 29.1 Å². The van der Waals surface area contributed by atoms with Crippen molar-refractivity contribution in [2.75, 3.05) is 18.0 Å². The molecule has 0 bridgehead atoms. The summed E-state index contributed by atoms with van der Waals surface area (Å²) in [6, 6.07) is 14.9. The maximum Gasteiger partial charge on any atom is 0.151 e. The molecule has 0 amide bonds. The third kappa shape index (κ3) is 2.89. The first kappa shape index (κ1) is 16.8. The summed E-state index contributed by atoms with van der Waals surface area (Å²) in [4.78, 5) is 6.67. The van der Waals surface area contributed by atoms with Crippen LogP contribution in [0.4, 0.5) is 10.2 Å². The lowest BCUT2D eigenvalue weighted by molar-refractivity contribution is 0.573. The molecule has 1 fully saturated rings. The number of pyridine rings is 1. The van der Waals surface area contributed by atoms with Crippen molar-refractivity contribution in [2.45, 2.75) is 19.3 Å². The molecule has 2 aromatic carbocycles. The number of nitrogens with zero attached hydrogens (tertiary/aromatic N) is 3. The van der Waals surface area contributed by atoms with Crippen LogP contribution < -0.4 is 4.90 Å². The van der Waals surface area contributed by atoms with Gasteiger partial charge in [0.15, 0.2) is 5.82 Å². The number of rotatable bonds is 2. The molecule has 1 aromatic heterocycles. The molecule has 1 aliphatic rings. The van der Waals surface area contributed by atoms with Crippen LogP contribution in [0.1, 0.15) is 24.8 Å². The molecular weight excluding hydrogens is 349 g/mol. The quantitative estimate of drug-likeness (QED) is 0.597. The standard InChI is InChI=1S/C21H17ClFN3/c22-15-11-16-19(14-7-3-1-4-8-14)17(13-24)21(25-20(16)18(23)12-15)26-9-5-2-6-10-26/h1,3-4,7-8,11-12H,2,5-6,9-10H2. The largest absolute Gasteiger partial charge is 0.355 e. The first-order chi connectivity index (χ1) is 12.7. The predicted molar refractivity (Wildman–Crippen MR) is 103 cm³/mol. The highest BCUT2D eigenvalue weighted by Crippen LogP contribution is 2.38. The summed E-state index contributed by atoms with van der Waals surface area (Å²) >= 11 is 6.11. The first-order valence-electron chi connectivity index (χ1n) is 8.72.